The average molecular weight is 453 g/mol. The summed E-state index contributed by atoms with van der Waals surface area (Å²) in [5.41, 5.74) is 1.26. The molecule has 9 heteroatoms. The standard InChI is InChI=1S/C23H20FN3O4S/c1-29-18-10-11-19(30-2)22-21(18)26-23(32-22)27(13-15-7-5-6-12-25-15)20(28)14-31-17-9-4-3-8-16(17)24/h3-12H,13-14H2,1-2H3. The van der Waals surface area contributed by atoms with Gasteiger partial charge in [0.2, 0.25) is 0 Å². The van der Waals surface area contributed by atoms with Crippen molar-refractivity contribution in [2.75, 3.05) is 25.7 Å². The fourth-order valence-electron chi connectivity index (χ4n) is 3.09. The zero-order chi connectivity index (χ0) is 22.5. The number of rotatable bonds is 8. The van der Waals surface area contributed by atoms with Gasteiger partial charge in [0.25, 0.3) is 5.91 Å². The Hall–Kier alpha value is -3.72. The maximum atomic E-state index is 13.9. The van der Waals surface area contributed by atoms with E-state index in [2.05, 4.69) is 9.97 Å². The number of fused-ring (bicyclic) bond motifs is 1. The molecule has 0 aliphatic heterocycles. The molecule has 2 heterocycles. The number of carbonyl (C=O) groups excluding carboxylic acids is 1. The second-order valence-electron chi connectivity index (χ2n) is 6.66. The Bertz CT molecular complexity index is 1190. The molecule has 0 fully saturated rings. The van der Waals surface area contributed by atoms with Gasteiger partial charge in [0.15, 0.2) is 23.3 Å². The van der Waals surface area contributed by atoms with E-state index < -0.39 is 11.7 Å². The van der Waals surface area contributed by atoms with Crippen LogP contribution < -0.4 is 19.1 Å². The summed E-state index contributed by atoms with van der Waals surface area (Å²) in [5, 5.41) is 0.426. The third-order valence-electron chi connectivity index (χ3n) is 4.66. The van der Waals surface area contributed by atoms with Gasteiger partial charge < -0.3 is 14.2 Å². The second-order valence-corrected chi connectivity index (χ2v) is 7.64. The first-order valence-corrected chi connectivity index (χ1v) is 10.5. The Labute approximate surface area is 188 Å². The van der Waals surface area contributed by atoms with E-state index in [9.17, 15) is 9.18 Å². The Balaban J connectivity index is 1.69. The number of para-hydroxylation sites is 1. The highest BCUT2D eigenvalue weighted by molar-refractivity contribution is 7.22. The van der Waals surface area contributed by atoms with Crippen LogP contribution in [0.4, 0.5) is 9.52 Å². The van der Waals surface area contributed by atoms with Crippen LogP contribution in [0.15, 0.2) is 60.8 Å². The first-order valence-electron chi connectivity index (χ1n) is 9.70. The fraction of sp³-hybridized carbons (Fsp3) is 0.174. The summed E-state index contributed by atoms with van der Waals surface area (Å²) in [4.78, 5) is 23.6. The highest BCUT2D eigenvalue weighted by Gasteiger charge is 2.24. The lowest BCUT2D eigenvalue weighted by atomic mass is 10.3. The summed E-state index contributed by atoms with van der Waals surface area (Å²) in [6.45, 7) is -0.192. The average Bonchev–Trinajstić information content (AvgIpc) is 3.27. The molecule has 0 bridgehead atoms. The largest absolute Gasteiger partial charge is 0.495 e. The quantitative estimate of drug-likeness (QED) is 0.392. The number of carbonyl (C=O) groups is 1. The predicted octanol–water partition coefficient (Wildman–Crippen LogP) is 4.46. The molecule has 0 saturated carbocycles. The molecular formula is C23H20FN3O4S. The summed E-state index contributed by atoms with van der Waals surface area (Å²) in [6, 6.07) is 14.9. The zero-order valence-corrected chi connectivity index (χ0v) is 18.3. The Morgan fingerprint density at radius 3 is 2.47 bits per heavy atom. The molecule has 32 heavy (non-hydrogen) atoms. The molecule has 0 radical (unpaired) electrons. The van der Waals surface area contributed by atoms with Gasteiger partial charge >= 0.3 is 0 Å². The molecule has 164 valence electrons. The van der Waals surface area contributed by atoms with E-state index in [0.29, 0.717) is 27.8 Å². The first kappa shape index (κ1) is 21.5. The maximum absolute atomic E-state index is 13.9. The molecular weight excluding hydrogens is 433 g/mol. The summed E-state index contributed by atoms with van der Waals surface area (Å²) in [6.07, 6.45) is 1.65. The van der Waals surface area contributed by atoms with E-state index in [4.69, 9.17) is 14.2 Å². The lowest BCUT2D eigenvalue weighted by Crippen LogP contribution is -2.34. The van der Waals surface area contributed by atoms with Crippen molar-refractivity contribution in [2.45, 2.75) is 6.54 Å². The lowest BCUT2D eigenvalue weighted by molar-refractivity contribution is -0.120. The molecule has 7 nitrogen and oxygen atoms in total. The van der Waals surface area contributed by atoms with Gasteiger partial charge in [-0.2, -0.15) is 0 Å². The second kappa shape index (κ2) is 9.61. The monoisotopic (exact) mass is 453 g/mol. The summed E-state index contributed by atoms with van der Waals surface area (Å²) >= 11 is 1.29. The number of methoxy groups -OCH3 is 2. The number of ether oxygens (including phenoxy) is 3. The predicted molar refractivity (Wildman–Crippen MR) is 120 cm³/mol. The molecule has 0 saturated heterocycles. The number of halogens is 1. The minimum absolute atomic E-state index is 0.00581. The summed E-state index contributed by atoms with van der Waals surface area (Å²) in [7, 11) is 3.12. The topological polar surface area (TPSA) is 73.8 Å². The van der Waals surface area contributed by atoms with Crippen LogP contribution in [0.5, 0.6) is 17.2 Å². The fourth-order valence-corrected chi connectivity index (χ4v) is 4.18. The van der Waals surface area contributed by atoms with Crippen LogP contribution in [0.25, 0.3) is 10.2 Å². The molecule has 0 aliphatic carbocycles. The maximum Gasteiger partial charge on any atom is 0.267 e. The molecule has 2 aromatic carbocycles. The summed E-state index contributed by atoms with van der Waals surface area (Å²) in [5.74, 6) is 0.265. The molecule has 4 aromatic rings. The Morgan fingerprint density at radius 2 is 1.75 bits per heavy atom. The van der Waals surface area contributed by atoms with Gasteiger partial charge in [-0.3, -0.25) is 14.7 Å². The van der Waals surface area contributed by atoms with Crippen molar-refractivity contribution >= 4 is 32.6 Å². The minimum atomic E-state index is -0.536. The van der Waals surface area contributed by atoms with Gasteiger partial charge in [0.1, 0.15) is 21.7 Å². The van der Waals surface area contributed by atoms with Crippen LogP contribution in [0.3, 0.4) is 0 Å². The van der Waals surface area contributed by atoms with E-state index in [1.807, 2.05) is 12.1 Å². The zero-order valence-electron chi connectivity index (χ0n) is 17.4. The molecule has 2 aromatic heterocycles. The molecule has 0 unspecified atom stereocenters. The Kier molecular flexibility index (Phi) is 6.46. The van der Waals surface area contributed by atoms with Crippen molar-refractivity contribution in [3.63, 3.8) is 0 Å². The SMILES string of the molecule is COc1ccc(OC)c2sc(N(Cc3ccccn3)C(=O)COc3ccccc3F)nc12. The van der Waals surface area contributed by atoms with Crippen LogP contribution in [-0.2, 0) is 11.3 Å². The van der Waals surface area contributed by atoms with Crippen LogP contribution in [0.1, 0.15) is 5.69 Å². The Morgan fingerprint density at radius 1 is 1.00 bits per heavy atom. The molecule has 0 N–H and O–H groups in total. The number of thiazole rings is 1. The molecule has 0 aliphatic rings. The number of nitrogens with zero attached hydrogens (tertiary/aromatic N) is 3. The van der Waals surface area contributed by atoms with Gasteiger partial charge in [0, 0.05) is 6.20 Å². The first-order chi connectivity index (χ1) is 15.6. The number of benzene rings is 2. The van der Waals surface area contributed by atoms with Crippen LogP contribution in [0.2, 0.25) is 0 Å². The highest BCUT2D eigenvalue weighted by atomic mass is 32.1. The van der Waals surface area contributed by atoms with Crippen molar-refractivity contribution in [3.05, 3.63) is 72.3 Å². The van der Waals surface area contributed by atoms with Crippen molar-refractivity contribution < 1.29 is 23.4 Å². The van der Waals surface area contributed by atoms with Crippen LogP contribution in [-0.4, -0.2) is 36.7 Å². The molecule has 0 spiro atoms. The van der Waals surface area contributed by atoms with E-state index in [1.165, 1.54) is 28.4 Å². The number of hydrogen-bond donors (Lipinski definition) is 0. The third kappa shape index (κ3) is 4.47. The number of pyridine rings is 1. The summed E-state index contributed by atoms with van der Waals surface area (Å²) < 4.78 is 31.0. The van der Waals surface area contributed by atoms with Crippen molar-refractivity contribution in [2.24, 2.45) is 0 Å². The van der Waals surface area contributed by atoms with Crippen molar-refractivity contribution in [1.82, 2.24) is 9.97 Å². The van der Waals surface area contributed by atoms with E-state index in [0.717, 1.165) is 4.70 Å². The molecule has 4 rings (SSSR count). The lowest BCUT2D eigenvalue weighted by Gasteiger charge is -2.19. The van der Waals surface area contributed by atoms with E-state index in [-0.39, 0.29) is 18.9 Å². The van der Waals surface area contributed by atoms with E-state index in [1.54, 1.807) is 50.7 Å². The van der Waals surface area contributed by atoms with Crippen LogP contribution >= 0.6 is 11.3 Å². The van der Waals surface area contributed by atoms with Gasteiger partial charge in [-0.15, -0.1) is 0 Å². The number of hydrogen-bond acceptors (Lipinski definition) is 7. The van der Waals surface area contributed by atoms with Crippen molar-refractivity contribution in [3.8, 4) is 17.2 Å². The van der Waals surface area contributed by atoms with Gasteiger partial charge in [-0.25, -0.2) is 9.37 Å². The third-order valence-corrected chi connectivity index (χ3v) is 5.76. The van der Waals surface area contributed by atoms with Gasteiger partial charge in [0.05, 0.1) is 26.5 Å². The smallest absolute Gasteiger partial charge is 0.267 e. The number of amides is 1. The molecule has 0 atom stereocenters. The number of anilines is 1. The molecule has 1 amide bonds. The van der Waals surface area contributed by atoms with Gasteiger partial charge in [-0.05, 0) is 36.4 Å². The van der Waals surface area contributed by atoms with Gasteiger partial charge in [-0.1, -0.05) is 29.5 Å². The van der Waals surface area contributed by atoms with Crippen LogP contribution in [0, 0.1) is 5.82 Å². The van der Waals surface area contributed by atoms with Crippen molar-refractivity contribution in [1.29, 1.82) is 0 Å². The normalized spacial score (nSPS) is 10.7. The highest BCUT2D eigenvalue weighted by Crippen LogP contribution is 2.40. The minimum Gasteiger partial charge on any atom is -0.495 e. The van der Waals surface area contributed by atoms with E-state index >= 15 is 0 Å². The number of aromatic nitrogens is 2.